The van der Waals surface area contributed by atoms with Crippen LogP contribution < -0.4 is 19.7 Å². The second kappa shape index (κ2) is 9.32. The normalized spacial score (nSPS) is 17.8. The first-order valence-corrected chi connectivity index (χ1v) is 10.5. The van der Waals surface area contributed by atoms with Crippen molar-refractivity contribution in [1.29, 1.82) is 0 Å². The Balaban J connectivity index is 1.70. The van der Waals surface area contributed by atoms with Crippen LogP contribution in [0.2, 0.25) is 5.02 Å². The molecule has 0 aromatic heterocycles. The third-order valence-electron chi connectivity index (χ3n) is 5.56. The van der Waals surface area contributed by atoms with E-state index in [9.17, 15) is 9.59 Å². The molecule has 7 heteroatoms. The molecule has 0 bridgehead atoms. The van der Waals surface area contributed by atoms with Gasteiger partial charge in [-0.1, -0.05) is 29.8 Å². The number of methoxy groups -OCH3 is 2. The van der Waals surface area contributed by atoms with Crippen LogP contribution in [0.4, 0.5) is 11.4 Å². The van der Waals surface area contributed by atoms with Crippen molar-refractivity contribution >= 4 is 34.8 Å². The highest BCUT2D eigenvalue weighted by Gasteiger charge is 2.45. The summed E-state index contributed by atoms with van der Waals surface area (Å²) in [7, 11) is 3.19. The molecule has 1 heterocycles. The average molecular weight is 451 g/mol. The minimum absolute atomic E-state index is 0.0924. The van der Waals surface area contributed by atoms with E-state index in [1.54, 1.807) is 55.5 Å². The van der Waals surface area contributed by atoms with Crippen LogP contribution >= 0.6 is 11.6 Å². The molecular formula is C25H23ClN2O4. The minimum atomic E-state index is -0.586. The fourth-order valence-corrected chi connectivity index (χ4v) is 4.19. The van der Waals surface area contributed by atoms with Crippen molar-refractivity contribution < 1.29 is 19.1 Å². The molecule has 1 aliphatic rings. The number of hydrogen-bond acceptors (Lipinski definition) is 4. The summed E-state index contributed by atoms with van der Waals surface area (Å²) in [4.78, 5) is 28.1. The molecule has 0 saturated carbocycles. The van der Waals surface area contributed by atoms with E-state index in [0.717, 1.165) is 5.56 Å². The van der Waals surface area contributed by atoms with E-state index in [0.29, 0.717) is 27.9 Å². The SMILES string of the molecule is COc1ccc([C@@H]2[C@@H](C(=O)Nc3cccc(Cl)c3)CC(=O)N2c2ccc(OC)cc2)cc1. The molecule has 3 aromatic rings. The van der Waals surface area contributed by atoms with Gasteiger partial charge in [-0.3, -0.25) is 9.59 Å². The zero-order valence-corrected chi connectivity index (χ0v) is 18.5. The largest absolute Gasteiger partial charge is 0.497 e. The number of nitrogens with zero attached hydrogens (tertiary/aromatic N) is 1. The van der Waals surface area contributed by atoms with Gasteiger partial charge in [-0.2, -0.15) is 0 Å². The quantitative estimate of drug-likeness (QED) is 0.568. The molecule has 0 aliphatic carbocycles. The molecule has 32 heavy (non-hydrogen) atoms. The van der Waals surface area contributed by atoms with Crippen LogP contribution in [0.5, 0.6) is 11.5 Å². The van der Waals surface area contributed by atoms with Crippen molar-refractivity contribution in [2.24, 2.45) is 5.92 Å². The number of nitrogens with one attached hydrogen (secondary N) is 1. The Morgan fingerprint density at radius 2 is 1.59 bits per heavy atom. The molecule has 3 aromatic carbocycles. The maximum atomic E-state index is 13.3. The first-order chi connectivity index (χ1) is 15.5. The van der Waals surface area contributed by atoms with E-state index in [2.05, 4.69) is 5.32 Å². The maximum Gasteiger partial charge on any atom is 0.230 e. The average Bonchev–Trinajstić information content (AvgIpc) is 3.16. The predicted octanol–water partition coefficient (Wildman–Crippen LogP) is 5.09. The molecule has 164 valence electrons. The van der Waals surface area contributed by atoms with E-state index >= 15 is 0 Å². The lowest BCUT2D eigenvalue weighted by atomic mass is 9.92. The van der Waals surface area contributed by atoms with Gasteiger partial charge in [0, 0.05) is 22.8 Å². The highest BCUT2D eigenvalue weighted by molar-refractivity contribution is 6.30. The Morgan fingerprint density at radius 1 is 0.969 bits per heavy atom. The lowest BCUT2D eigenvalue weighted by Crippen LogP contribution is -2.32. The number of carbonyl (C=O) groups excluding carboxylic acids is 2. The molecule has 0 radical (unpaired) electrons. The monoisotopic (exact) mass is 450 g/mol. The van der Waals surface area contributed by atoms with Crippen molar-refractivity contribution in [1.82, 2.24) is 0 Å². The zero-order chi connectivity index (χ0) is 22.7. The first kappa shape index (κ1) is 21.7. The molecule has 1 N–H and O–H groups in total. The molecule has 1 fully saturated rings. The molecular weight excluding hydrogens is 428 g/mol. The molecule has 6 nitrogen and oxygen atoms in total. The van der Waals surface area contributed by atoms with Gasteiger partial charge in [0.15, 0.2) is 0 Å². The van der Waals surface area contributed by atoms with Crippen LogP contribution in [-0.4, -0.2) is 26.0 Å². The van der Waals surface area contributed by atoms with E-state index < -0.39 is 12.0 Å². The Hall–Kier alpha value is -3.51. The number of benzene rings is 3. The van der Waals surface area contributed by atoms with Gasteiger partial charge < -0.3 is 19.7 Å². The molecule has 0 unspecified atom stereocenters. The molecule has 1 saturated heterocycles. The first-order valence-electron chi connectivity index (χ1n) is 10.2. The summed E-state index contributed by atoms with van der Waals surface area (Å²) in [6.07, 6.45) is 0.0924. The highest BCUT2D eigenvalue weighted by atomic mass is 35.5. The lowest BCUT2D eigenvalue weighted by Gasteiger charge is -2.28. The fraction of sp³-hybridized carbons (Fsp3) is 0.200. The van der Waals surface area contributed by atoms with Crippen molar-refractivity contribution in [2.45, 2.75) is 12.5 Å². The number of rotatable bonds is 6. The summed E-state index contributed by atoms with van der Waals surface area (Å²) in [5.74, 6) is 0.447. The number of carbonyl (C=O) groups is 2. The van der Waals surface area contributed by atoms with Crippen LogP contribution in [0.15, 0.2) is 72.8 Å². The van der Waals surface area contributed by atoms with Crippen LogP contribution in [0.25, 0.3) is 0 Å². The summed E-state index contributed by atoms with van der Waals surface area (Å²) in [5, 5.41) is 3.44. The van der Waals surface area contributed by atoms with Gasteiger partial charge >= 0.3 is 0 Å². The number of ether oxygens (including phenoxy) is 2. The third-order valence-corrected chi connectivity index (χ3v) is 5.79. The number of amides is 2. The topological polar surface area (TPSA) is 67.9 Å². The number of anilines is 2. The van der Waals surface area contributed by atoms with E-state index in [-0.39, 0.29) is 18.2 Å². The van der Waals surface area contributed by atoms with Crippen LogP contribution in [0, 0.1) is 5.92 Å². The number of hydrogen-bond donors (Lipinski definition) is 1. The summed E-state index contributed by atoms with van der Waals surface area (Å²) >= 11 is 6.06. The molecule has 4 rings (SSSR count). The van der Waals surface area contributed by atoms with Gasteiger partial charge in [-0.05, 0) is 60.2 Å². The minimum Gasteiger partial charge on any atom is -0.497 e. The number of halogens is 1. The van der Waals surface area contributed by atoms with Gasteiger partial charge in [-0.15, -0.1) is 0 Å². The van der Waals surface area contributed by atoms with Crippen LogP contribution in [0.1, 0.15) is 18.0 Å². The summed E-state index contributed by atoms with van der Waals surface area (Å²) in [6.45, 7) is 0. The van der Waals surface area contributed by atoms with Gasteiger partial charge in [-0.25, -0.2) is 0 Å². The molecule has 0 spiro atoms. The molecule has 1 aliphatic heterocycles. The van der Waals surface area contributed by atoms with E-state index in [1.807, 2.05) is 36.4 Å². The standard InChI is InChI=1S/C25H23ClN2O4/c1-31-20-10-6-16(7-11-20)24-22(25(30)27-18-5-3-4-17(26)14-18)15-23(29)28(24)19-8-12-21(32-2)13-9-19/h3-14,22,24H,15H2,1-2H3,(H,27,30)/t22-,24+/m0/s1. The zero-order valence-electron chi connectivity index (χ0n) is 17.7. The second-order valence-electron chi connectivity index (χ2n) is 7.49. The predicted molar refractivity (Wildman–Crippen MR) is 124 cm³/mol. The summed E-state index contributed by atoms with van der Waals surface area (Å²) < 4.78 is 10.5. The Bertz CT molecular complexity index is 1120. The molecule has 2 atom stereocenters. The summed E-state index contributed by atoms with van der Waals surface area (Å²) in [6, 6.07) is 21.2. The van der Waals surface area contributed by atoms with Crippen molar-refractivity contribution in [3.8, 4) is 11.5 Å². The van der Waals surface area contributed by atoms with Crippen molar-refractivity contribution in [3.63, 3.8) is 0 Å². The smallest absolute Gasteiger partial charge is 0.230 e. The molecule has 2 amide bonds. The second-order valence-corrected chi connectivity index (χ2v) is 7.93. The van der Waals surface area contributed by atoms with Gasteiger partial charge in [0.1, 0.15) is 11.5 Å². The van der Waals surface area contributed by atoms with Gasteiger partial charge in [0.2, 0.25) is 11.8 Å². The fourth-order valence-electron chi connectivity index (χ4n) is 4.00. The summed E-state index contributed by atoms with van der Waals surface area (Å²) in [5.41, 5.74) is 2.14. The van der Waals surface area contributed by atoms with Crippen molar-refractivity contribution in [3.05, 3.63) is 83.4 Å². The third kappa shape index (κ3) is 4.41. The Kier molecular flexibility index (Phi) is 6.32. The Morgan fingerprint density at radius 3 is 2.19 bits per heavy atom. The highest BCUT2D eigenvalue weighted by Crippen LogP contribution is 2.42. The van der Waals surface area contributed by atoms with E-state index in [1.165, 1.54) is 0 Å². The van der Waals surface area contributed by atoms with Gasteiger partial charge in [0.05, 0.1) is 26.2 Å². The lowest BCUT2D eigenvalue weighted by molar-refractivity contribution is -0.122. The van der Waals surface area contributed by atoms with E-state index in [4.69, 9.17) is 21.1 Å². The van der Waals surface area contributed by atoms with Crippen LogP contribution in [-0.2, 0) is 9.59 Å². The van der Waals surface area contributed by atoms with Gasteiger partial charge in [0.25, 0.3) is 0 Å². The Labute approximate surface area is 191 Å². The van der Waals surface area contributed by atoms with Crippen LogP contribution in [0.3, 0.4) is 0 Å². The maximum absolute atomic E-state index is 13.3. The van der Waals surface area contributed by atoms with Crippen molar-refractivity contribution in [2.75, 3.05) is 24.4 Å².